The van der Waals surface area contributed by atoms with Crippen LogP contribution in [-0.4, -0.2) is 29.9 Å². The number of benzene rings is 1. The summed E-state index contributed by atoms with van der Waals surface area (Å²) in [6.07, 6.45) is 3.02. The molecule has 0 aliphatic carbocycles. The number of primary amides is 1. The Hall–Kier alpha value is -3.13. The van der Waals surface area contributed by atoms with Crippen LogP contribution in [0.5, 0.6) is 0 Å². The highest BCUT2D eigenvalue weighted by Gasteiger charge is 2.25. The minimum atomic E-state index is -0.254. The molecule has 0 radical (unpaired) electrons. The van der Waals surface area contributed by atoms with E-state index < -0.39 is 0 Å². The van der Waals surface area contributed by atoms with E-state index in [2.05, 4.69) is 15.2 Å². The van der Waals surface area contributed by atoms with Crippen LogP contribution < -0.4 is 16.0 Å². The van der Waals surface area contributed by atoms with Crippen molar-refractivity contribution in [1.82, 2.24) is 4.98 Å². The Morgan fingerprint density at radius 3 is 2.66 bits per heavy atom. The van der Waals surface area contributed by atoms with Crippen LogP contribution in [0.25, 0.3) is 10.8 Å². The zero-order chi connectivity index (χ0) is 20.4. The van der Waals surface area contributed by atoms with E-state index in [1.54, 1.807) is 12.3 Å². The smallest absolute Gasteiger partial charge is 0.275 e. The molecule has 1 aliphatic rings. The van der Waals surface area contributed by atoms with Crippen molar-refractivity contribution >= 4 is 34.5 Å². The average Bonchev–Trinajstić information content (AvgIpc) is 3.38. The molecule has 2 aromatic heterocycles. The number of nitrogens with zero attached hydrogens (tertiary/aromatic N) is 2. The molecule has 1 aliphatic heterocycles. The van der Waals surface area contributed by atoms with Crippen molar-refractivity contribution in [2.75, 3.05) is 23.3 Å². The highest BCUT2D eigenvalue weighted by Crippen LogP contribution is 2.32. The van der Waals surface area contributed by atoms with Gasteiger partial charge in [0.2, 0.25) is 5.91 Å². The van der Waals surface area contributed by atoms with E-state index in [0.29, 0.717) is 16.5 Å². The molecule has 1 aromatic carbocycles. The van der Waals surface area contributed by atoms with Crippen LogP contribution in [0.2, 0.25) is 0 Å². The van der Waals surface area contributed by atoms with Gasteiger partial charge in [-0.25, -0.2) is 4.98 Å². The highest BCUT2D eigenvalue weighted by atomic mass is 32.1. The van der Waals surface area contributed by atoms with Crippen LogP contribution in [0, 0.1) is 12.8 Å². The van der Waals surface area contributed by atoms with Crippen LogP contribution in [0.4, 0.5) is 11.4 Å². The van der Waals surface area contributed by atoms with Gasteiger partial charge in [0.15, 0.2) is 10.8 Å². The first-order valence-electron chi connectivity index (χ1n) is 9.49. The van der Waals surface area contributed by atoms with Crippen molar-refractivity contribution in [2.45, 2.75) is 19.8 Å². The van der Waals surface area contributed by atoms with E-state index >= 15 is 0 Å². The third-order valence-electron chi connectivity index (χ3n) is 5.13. The molecule has 3 aromatic rings. The van der Waals surface area contributed by atoms with Crippen molar-refractivity contribution in [3.8, 4) is 10.8 Å². The number of aromatic nitrogens is 1. The van der Waals surface area contributed by atoms with E-state index in [-0.39, 0.29) is 17.7 Å². The molecule has 3 N–H and O–H groups in total. The number of hydrogen-bond acceptors (Lipinski definition) is 6. The number of carbonyl (C=O) groups is 2. The predicted octanol–water partition coefficient (Wildman–Crippen LogP) is 3.67. The number of nitrogens with two attached hydrogens (primary N) is 1. The van der Waals surface area contributed by atoms with Crippen LogP contribution in [0.1, 0.15) is 28.2 Å². The number of furan rings is 1. The van der Waals surface area contributed by atoms with Crippen LogP contribution in [0.3, 0.4) is 0 Å². The minimum Gasteiger partial charge on any atom is -0.462 e. The summed E-state index contributed by atoms with van der Waals surface area (Å²) in [6, 6.07) is 11.3. The highest BCUT2D eigenvalue weighted by molar-refractivity contribution is 7.15. The molecular formula is C21H22N4O3S. The fourth-order valence-corrected chi connectivity index (χ4v) is 4.43. The Kier molecular flexibility index (Phi) is 5.35. The Labute approximate surface area is 172 Å². The first-order valence-corrected chi connectivity index (χ1v) is 10.3. The third-order valence-corrected chi connectivity index (χ3v) is 6.12. The SMILES string of the molecule is Cc1sc(-c2ccco2)nc1C(=O)Nc1ccccc1N1CCC(C(N)=O)CC1. The first-order chi connectivity index (χ1) is 14.0. The summed E-state index contributed by atoms with van der Waals surface area (Å²) in [7, 11) is 0. The fourth-order valence-electron chi connectivity index (χ4n) is 3.55. The third kappa shape index (κ3) is 4.02. The number of para-hydroxylation sites is 2. The van der Waals surface area contributed by atoms with Gasteiger partial charge in [0.05, 0.1) is 17.6 Å². The maximum Gasteiger partial charge on any atom is 0.275 e. The molecular weight excluding hydrogens is 388 g/mol. The molecule has 7 nitrogen and oxygen atoms in total. The van der Waals surface area contributed by atoms with Gasteiger partial charge in [-0.15, -0.1) is 11.3 Å². The summed E-state index contributed by atoms with van der Waals surface area (Å²) in [5, 5.41) is 3.68. The van der Waals surface area contributed by atoms with Gasteiger partial charge in [0.1, 0.15) is 5.69 Å². The predicted molar refractivity (Wildman–Crippen MR) is 113 cm³/mol. The number of amides is 2. The molecule has 0 spiro atoms. The summed E-state index contributed by atoms with van der Waals surface area (Å²) in [4.78, 5) is 31.8. The van der Waals surface area contributed by atoms with Gasteiger partial charge in [0.25, 0.3) is 5.91 Å². The second-order valence-electron chi connectivity index (χ2n) is 7.04. The molecule has 0 saturated carbocycles. The first kappa shape index (κ1) is 19.2. The lowest BCUT2D eigenvalue weighted by molar-refractivity contribution is -0.122. The molecule has 0 bridgehead atoms. The minimum absolute atomic E-state index is 0.0781. The standard InChI is InChI=1S/C21H22N4O3S/c1-13-18(24-21(29-13)17-7-4-12-28-17)20(27)23-15-5-2-3-6-16(15)25-10-8-14(9-11-25)19(22)26/h2-7,12,14H,8-11H2,1H3,(H2,22,26)(H,23,27). The number of nitrogens with one attached hydrogen (secondary N) is 1. The van der Waals surface area contributed by atoms with Crippen molar-refractivity contribution in [1.29, 1.82) is 0 Å². The zero-order valence-corrected chi connectivity index (χ0v) is 16.9. The number of aryl methyl sites for hydroxylation is 1. The Morgan fingerprint density at radius 1 is 1.21 bits per heavy atom. The molecule has 8 heteroatoms. The summed E-state index contributed by atoms with van der Waals surface area (Å²) in [5.74, 6) is 0.0780. The van der Waals surface area contributed by atoms with Gasteiger partial charge < -0.3 is 20.4 Å². The molecule has 0 atom stereocenters. The quantitative estimate of drug-likeness (QED) is 0.668. The van der Waals surface area contributed by atoms with E-state index in [9.17, 15) is 9.59 Å². The number of carbonyl (C=O) groups excluding carboxylic acids is 2. The summed E-state index contributed by atoms with van der Waals surface area (Å²) in [5.41, 5.74) is 7.49. The van der Waals surface area contributed by atoms with Gasteiger partial charge in [-0.05, 0) is 44.0 Å². The van der Waals surface area contributed by atoms with Gasteiger partial charge in [-0.3, -0.25) is 9.59 Å². The largest absolute Gasteiger partial charge is 0.462 e. The van der Waals surface area contributed by atoms with Crippen molar-refractivity contribution in [3.05, 3.63) is 53.2 Å². The zero-order valence-electron chi connectivity index (χ0n) is 16.1. The lowest BCUT2D eigenvalue weighted by atomic mass is 9.96. The number of rotatable bonds is 5. The fraction of sp³-hybridized carbons (Fsp3) is 0.286. The lowest BCUT2D eigenvalue weighted by Gasteiger charge is -2.33. The van der Waals surface area contributed by atoms with Gasteiger partial charge in [-0.1, -0.05) is 12.1 Å². The van der Waals surface area contributed by atoms with Gasteiger partial charge in [-0.2, -0.15) is 0 Å². The van der Waals surface area contributed by atoms with Crippen molar-refractivity contribution < 1.29 is 14.0 Å². The lowest BCUT2D eigenvalue weighted by Crippen LogP contribution is -2.38. The monoisotopic (exact) mass is 410 g/mol. The number of hydrogen-bond donors (Lipinski definition) is 2. The van der Waals surface area contributed by atoms with E-state index in [4.69, 9.17) is 10.2 Å². The van der Waals surface area contributed by atoms with E-state index in [1.807, 2.05) is 37.3 Å². The number of anilines is 2. The number of thiazole rings is 1. The molecule has 4 rings (SSSR count). The molecule has 2 amide bonds. The Morgan fingerprint density at radius 2 is 1.97 bits per heavy atom. The normalized spacial score (nSPS) is 14.7. The second-order valence-corrected chi connectivity index (χ2v) is 8.24. The van der Waals surface area contributed by atoms with Gasteiger partial charge >= 0.3 is 0 Å². The molecule has 150 valence electrons. The summed E-state index contributed by atoms with van der Waals surface area (Å²) < 4.78 is 5.39. The van der Waals surface area contributed by atoms with E-state index in [1.165, 1.54) is 11.3 Å². The van der Waals surface area contributed by atoms with Crippen LogP contribution >= 0.6 is 11.3 Å². The Balaban J connectivity index is 1.52. The topological polar surface area (TPSA) is 101 Å². The molecule has 0 unspecified atom stereocenters. The average molecular weight is 410 g/mol. The second kappa shape index (κ2) is 8.08. The Bertz CT molecular complexity index is 1020. The molecule has 1 fully saturated rings. The van der Waals surface area contributed by atoms with Crippen LogP contribution in [0.15, 0.2) is 47.1 Å². The molecule has 29 heavy (non-hydrogen) atoms. The summed E-state index contributed by atoms with van der Waals surface area (Å²) >= 11 is 1.43. The van der Waals surface area contributed by atoms with Gasteiger partial charge in [0, 0.05) is 23.9 Å². The summed E-state index contributed by atoms with van der Waals surface area (Å²) in [6.45, 7) is 3.32. The van der Waals surface area contributed by atoms with Crippen LogP contribution in [-0.2, 0) is 4.79 Å². The van der Waals surface area contributed by atoms with Crippen molar-refractivity contribution in [3.63, 3.8) is 0 Å². The maximum atomic E-state index is 12.9. The number of piperidine rings is 1. The molecule has 3 heterocycles. The van der Waals surface area contributed by atoms with Crippen molar-refractivity contribution in [2.24, 2.45) is 11.7 Å². The molecule has 1 saturated heterocycles. The maximum absolute atomic E-state index is 12.9. The van der Waals surface area contributed by atoms with E-state index in [0.717, 1.165) is 42.2 Å².